The number of allylic oxidation sites excluding steroid dienone is 1. The number of methoxy groups -OCH3 is 1. The molecule has 4 fully saturated rings. The van der Waals surface area contributed by atoms with Gasteiger partial charge in [0.05, 0.1) is 30.8 Å². The average Bonchev–Trinajstić information content (AvgIpc) is 3.06. The summed E-state index contributed by atoms with van der Waals surface area (Å²) in [5.41, 5.74) is 0.991. The Morgan fingerprint density at radius 3 is 2.28 bits per heavy atom. The van der Waals surface area contributed by atoms with Gasteiger partial charge in [-0.25, -0.2) is 13.1 Å². The van der Waals surface area contributed by atoms with Gasteiger partial charge in [-0.15, -0.1) is 0 Å². The summed E-state index contributed by atoms with van der Waals surface area (Å²) in [4.78, 5) is 25.5. The molecule has 2 N–H and O–H groups in total. The second-order valence-corrected chi connectivity index (χ2v) is 20.5. The number of rotatable bonds is 8. The predicted octanol–water partition coefficient (Wildman–Crippen LogP) is 7.35. The van der Waals surface area contributed by atoms with Crippen LogP contribution in [0.5, 0.6) is 0 Å². The van der Waals surface area contributed by atoms with Crippen molar-refractivity contribution in [3.8, 4) is 0 Å². The van der Waals surface area contributed by atoms with Gasteiger partial charge in [0.25, 0.3) is 0 Å². The van der Waals surface area contributed by atoms with E-state index in [0.29, 0.717) is 6.42 Å². The number of esters is 2. The lowest BCUT2D eigenvalue weighted by molar-refractivity contribution is -0.211. The van der Waals surface area contributed by atoms with Gasteiger partial charge < -0.3 is 14.6 Å². The topological polar surface area (TPSA) is 119 Å². The minimum Gasteiger partial charge on any atom is -0.469 e. The fourth-order valence-corrected chi connectivity index (χ4v) is 13.8. The van der Waals surface area contributed by atoms with Crippen molar-refractivity contribution >= 4 is 22.0 Å². The first-order valence-corrected chi connectivity index (χ1v) is 20.6. The van der Waals surface area contributed by atoms with E-state index in [2.05, 4.69) is 64.0 Å². The Morgan fingerprint density at radius 1 is 0.920 bits per heavy atom. The molecular formula is C41H61NO7S. The summed E-state index contributed by atoms with van der Waals surface area (Å²) in [6.45, 7) is 16.4. The number of benzene rings is 1. The van der Waals surface area contributed by atoms with Crippen molar-refractivity contribution in [1.82, 2.24) is 4.72 Å². The summed E-state index contributed by atoms with van der Waals surface area (Å²) in [6.07, 6.45) is 9.48. The van der Waals surface area contributed by atoms with Crippen LogP contribution in [0, 0.1) is 50.2 Å². The van der Waals surface area contributed by atoms with Crippen LogP contribution < -0.4 is 4.72 Å². The Bertz CT molecular complexity index is 1620. The number of hydrogen-bond donors (Lipinski definition) is 2. The van der Waals surface area contributed by atoms with E-state index in [0.717, 1.165) is 56.9 Å². The summed E-state index contributed by atoms with van der Waals surface area (Å²) in [5.74, 6) is -0.529. The van der Waals surface area contributed by atoms with E-state index in [-0.39, 0.29) is 75.6 Å². The molecular weight excluding hydrogens is 651 g/mol. The quantitative estimate of drug-likeness (QED) is 0.214. The number of carbonyl (C=O) groups excluding carboxylic acids is 2. The molecule has 0 saturated heterocycles. The van der Waals surface area contributed by atoms with E-state index in [1.165, 1.54) is 12.7 Å². The molecule has 0 bridgehead atoms. The molecule has 0 amide bonds. The highest BCUT2D eigenvalue weighted by molar-refractivity contribution is 7.89. The third-order valence-electron chi connectivity index (χ3n) is 15.6. The predicted molar refractivity (Wildman–Crippen MR) is 194 cm³/mol. The van der Waals surface area contributed by atoms with Crippen LogP contribution in [0.4, 0.5) is 0 Å². The van der Waals surface area contributed by atoms with Gasteiger partial charge in [0.2, 0.25) is 10.0 Å². The Kier molecular flexibility index (Phi) is 9.55. The molecule has 5 aliphatic carbocycles. The zero-order valence-corrected chi connectivity index (χ0v) is 32.5. The van der Waals surface area contributed by atoms with Gasteiger partial charge in [-0.05, 0) is 109 Å². The van der Waals surface area contributed by atoms with Crippen LogP contribution in [-0.2, 0) is 35.7 Å². The summed E-state index contributed by atoms with van der Waals surface area (Å²) in [5, 5.41) is 12.4. The van der Waals surface area contributed by atoms with Gasteiger partial charge in [-0.2, -0.15) is 0 Å². The van der Waals surface area contributed by atoms with Crippen molar-refractivity contribution in [2.24, 2.45) is 50.2 Å². The third-order valence-corrected chi connectivity index (χ3v) is 17.0. The van der Waals surface area contributed by atoms with Crippen LogP contribution in [0.25, 0.3) is 0 Å². The summed E-state index contributed by atoms with van der Waals surface area (Å²) in [7, 11) is -2.41. The second kappa shape index (κ2) is 12.7. The van der Waals surface area contributed by atoms with Crippen molar-refractivity contribution in [1.29, 1.82) is 0 Å². The highest BCUT2D eigenvalue weighted by atomic mass is 32.2. The fraction of sp³-hybridized carbons (Fsp3) is 0.756. The number of hydrogen-bond acceptors (Lipinski definition) is 7. The minimum atomic E-state index is -3.68. The van der Waals surface area contributed by atoms with E-state index in [9.17, 15) is 23.1 Å². The average molecular weight is 712 g/mol. The molecule has 0 radical (unpaired) electrons. The molecule has 0 aromatic heterocycles. The Balaban J connectivity index is 1.27. The molecule has 6 rings (SSSR count). The van der Waals surface area contributed by atoms with E-state index in [1.807, 2.05) is 30.3 Å². The zero-order valence-electron chi connectivity index (χ0n) is 31.6. The minimum absolute atomic E-state index is 0.0221. The lowest BCUT2D eigenvalue weighted by atomic mass is 9.33. The number of ether oxygens (including phenoxy) is 2. The summed E-state index contributed by atoms with van der Waals surface area (Å²) >= 11 is 0. The Hall–Kier alpha value is -2.23. The number of carbonyl (C=O) groups is 2. The Morgan fingerprint density at radius 2 is 1.60 bits per heavy atom. The molecule has 1 aromatic carbocycles. The van der Waals surface area contributed by atoms with Crippen molar-refractivity contribution in [3.05, 3.63) is 47.5 Å². The fourth-order valence-electron chi connectivity index (χ4n) is 12.4. The maximum atomic E-state index is 13.8. The van der Waals surface area contributed by atoms with Crippen molar-refractivity contribution in [2.45, 2.75) is 131 Å². The zero-order chi connectivity index (χ0) is 36.5. The molecule has 9 heteroatoms. The molecule has 0 heterocycles. The molecule has 10 atom stereocenters. The smallest absolute Gasteiger partial charge is 0.312 e. The van der Waals surface area contributed by atoms with Crippen molar-refractivity contribution in [2.75, 3.05) is 12.9 Å². The maximum absolute atomic E-state index is 13.8. The largest absolute Gasteiger partial charge is 0.469 e. The van der Waals surface area contributed by atoms with E-state index >= 15 is 0 Å². The number of aliphatic hydroxyl groups is 1. The highest BCUT2D eigenvalue weighted by Gasteiger charge is 2.70. The highest BCUT2D eigenvalue weighted by Crippen LogP contribution is 2.75. The van der Waals surface area contributed by atoms with E-state index in [4.69, 9.17) is 4.74 Å². The number of aliphatic hydroxyl groups excluding tert-OH is 1. The van der Waals surface area contributed by atoms with E-state index in [1.54, 1.807) is 0 Å². The van der Waals surface area contributed by atoms with Crippen molar-refractivity contribution in [3.63, 3.8) is 0 Å². The number of nitrogens with one attached hydrogen (secondary N) is 1. The van der Waals surface area contributed by atoms with Gasteiger partial charge in [-0.3, -0.25) is 9.59 Å². The summed E-state index contributed by atoms with van der Waals surface area (Å²) < 4.78 is 39.8. The lowest BCUT2D eigenvalue weighted by Crippen LogP contribution is -2.68. The second-order valence-electron chi connectivity index (χ2n) is 18.6. The van der Waals surface area contributed by atoms with Gasteiger partial charge in [0.1, 0.15) is 6.61 Å². The third kappa shape index (κ3) is 5.99. The van der Waals surface area contributed by atoms with Crippen molar-refractivity contribution < 1.29 is 32.6 Å². The standard InChI is InChI=1S/C41H61NO7S/c1-36(2)31-14-18-41(7)34(39(31,5)17-15-32(36)42-50(46,47)23-16-33(44)48-8)30(43)24-28-29-25-38(4,20-19-37(29,3)21-22-40(28,41)6)35(45)49-26-27-12-10-9-11-13-27/h9-13,24,29-32,34,42-43H,14-23,25-26H2,1-8H3/t29-,30?,31-,32-,34+,37+,38-,39-,40+,41+/m0/s1. The molecule has 8 nitrogen and oxygen atoms in total. The number of sulfonamides is 1. The maximum Gasteiger partial charge on any atom is 0.312 e. The monoisotopic (exact) mass is 711 g/mol. The lowest BCUT2D eigenvalue weighted by Gasteiger charge is -2.72. The van der Waals surface area contributed by atoms with Crippen LogP contribution in [0.2, 0.25) is 0 Å². The normalized spacial score (nSPS) is 42.1. The van der Waals surface area contributed by atoms with Crippen LogP contribution in [0.1, 0.15) is 118 Å². The molecule has 50 heavy (non-hydrogen) atoms. The molecule has 1 aromatic rings. The van der Waals surface area contributed by atoms with Gasteiger partial charge >= 0.3 is 11.9 Å². The molecule has 0 aliphatic heterocycles. The first-order valence-electron chi connectivity index (χ1n) is 18.9. The number of fused-ring (bicyclic) bond motifs is 7. The Labute approximate surface area is 300 Å². The molecule has 4 saturated carbocycles. The molecule has 1 unspecified atom stereocenters. The van der Waals surface area contributed by atoms with Gasteiger partial charge in [0, 0.05) is 12.0 Å². The van der Waals surface area contributed by atoms with Crippen LogP contribution in [0.15, 0.2) is 42.0 Å². The van der Waals surface area contributed by atoms with Gasteiger partial charge in [-0.1, -0.05) is 83.5 Å². The van der Waals surface area contributed by atoms with E-state index < -0.39 is 27.5 Å². The molecule has 278 valence electrons. The SMILES string of the molecule is COC(=O)CCS(=O)(=O)N[C@H]1CC[C@]2(C)[C@H]3C(O)C=C4[C@@H]5C[C@@](C)(C(=O)OCc6ccccc6)CC[C@]5(C)CC[C@@]4(C)[C@]3(C)CC[C@H]2C1(C)C. The first kappa shape index (κ1) is 37.5. The summed E-state index contributed by atoms with van der Waals surface area (Å²) in [6, 6.07) is 9.61. The molecule has 0 spiro atoms. The van der Waals surface area contributed by atoms with Crippen LogP contribution in [-0.4, -0.2) is 50.5 Å². The van der Waals surface area contributed by atoms with Gasteiger partial charge in [0.15, 0.2) is 0 Å². The first-order chi connectivity index (χ1) is 23.2. The molecule has 5 aliphatic rings. The van der Waals surface area contributed by atoms with Crippen LogP contribution in [0.3, 0.4) is 0 Å². The van der Waals surface area contributed by atoms with Crippen LogP contribution >= 0.6 is 0 Å².